The summed E-state index contributed by atoms with van der Waals surface area (Å²) in [6.45, 7) is 15.5. The predicted octanol–water partition coefficient (Wildman–Crippen LogP) is 7.94. The molecule has 500 valence electrons. The van der Waals surface area contributed by atoms with Crippen molar-refractivity contribution in [2.75, 3.05) is 94.7 Å². The standard InChI is InChI=1S/C72H92N12O10/c1-46(2)65(75-47(3)4)68(88)77-61(13-10-32-74-70(73)90)66(86)76-54-19-14-49(15-20-54)45-93-71(91)79(5)35-36-80(6)72(92)94-57-24-27-59-52(42-57)18-25-58(50-11-8-7-9-12-50)64(59)51-16-21-55(22-17-51)82-33-30-48(31-34-82)43-81-37-39-83(40-38-81)56-23-26-60-53(41-56)44-84(69(60)89)62-28-29-63(85)78-67(62)87/h7-9,11-12,14-17,19-24,26-27,41-42,46-48,58,61-62,64-65,75H,10,13,18,25,28-40,43-45H2,1-6H3,(H,76,86)(H,77,88)(H3,73,74,90)(H,78,85,87)/t58-,61+,62+,64+,65+/m1/s1. The molecule has 5 aromatic carbocycles. The number of primary amides is 1. The summed E-state index contributed by atoms with van der Waals surface area (Å²) in [6, 6.07) is 36.1. The molecule has 5 aliphatic rings. The maximum Gasteiger partial charge on any atom is 0.415 e. The zero-order valence-corrected chi connectivity index (χ0v) is 55.1. The summed E-state index contributed by atoms with van der Waals surface area (Å²) < 4.78 is 11.6. The van der Waals surface area contributed by atoms with E-state index in [4.69, 9.17) is 15.2 Å². The van der Waals surface area contributed by atoms with Crippen LogP contribution in [0.25, 0.3) is 0 Å². The van der Waals surface area contributed by atoms with Gasteiger partial charge in [0.2, 0.25) is 23.6 Å². The van der Waals surface area contributed by atoms with E-state index >= 15 is 0 Å². The molecule has 0 aromatic heterocycles. The van der Waals surface area contributed by atoms with Crippen molar-refractivity contribution >= 4 is 64.8 Å². The Kier molecular flexibility index (Phi) is 22.6. The van der Waals surface area contributed by atoms with Crippen molar-refractivity contribution in [3.8, 4) is 5.75 Å². The minimum atomic E-state index is -0.888. The maximum atomic E-state index is 13.5. The molecule has 7 N–H and O–H groups in total. The Hall–Kier alpha value is -9.02. The van der Waals surface area contributed by atoms with Gasteiger partial charge >= 0.3 is 18.2 Å². The Morgan fingerprint density at radius 1 is 0.702 bits per heavy atom. The van der Waals surface area contributed by atoms with E-state index in [1.165, 1.54) is 32.2 Å². The number of rotatable bonds is 24. The van der Waals surface area contributed by atoms with Crippen LogP contribution in [-0.4, -0.2) is 171 Å². The SMILES string of the molecule is CC(C)N[C@H](C(=O)N[C@@H](CCCNC(N)=O)C(=O)Nc1ccc(COC(=O)N(C)CCN(C)C(=O)Oc2ccc3c(c2)CC[C@H](c2ccccc2)[C@@H]3c2ccc(N3CCC(CN4CCN(c5ccc6c(c5)CN([C@H]5CCC(=O)NC5=O)C6=O)CC4)CC3)cc2)cc1)C(C)C. The van der Waals surface area contributed by atoms with Crippen molar-refractivity contribution in [1.82, 2.24) is 40.9 Å². The van der Waals surface area contributed by atoms with Gasteiger partial charge in [-0.1, -0.05) is 88.4 Å². The zero-order chi connectivity index (χ0) is 66.6. The zero-order valence-electron chi connectivity index (χ0n) is 55.1. The van der Waals surface area contributed by atoms with E-state index in [2.05, 4.69) is 108 Å². The highest BCUT2D eigenvalue weighted by Gasteiger charge is 2.40. The summed E-state index contributed by atoms with van der Waals surface area (Å²) in [5.41, 5.74) is 15.2. The molecule has 0 saturated carbocycles. The molecule has 3 saturated heterocycles. The largest absolute Gasteiger partial charge is 0.445 e. The van der Waals surface area contributed by atoms with Crippen LogP contribution in [-0.2, 0) is 43.5 Å². The first kappa shape index (κ1) is 67.9. The number of piperidine rings is 2. The molecule has 9 amide bonds. The second-order valence-corrected chi connectivity index (χ2v) is 26.4. The molecule has 0 radical (unpaired) electrons. The lowest BCUT2D eigenvalue weighted by Crippen LogP contribution is -2.54. The van der Waals surface area contributed by atoms with Gasteiger partial charge in [-0.05, 0) is 151 Å². The number of carbonyl (C=O) groups excluding carboxylic acids is 8. The summed E-state index contributed by atoms with van der Waals surface area (Å²) in [5.74, 6) is -0.160. The highest BCUT2D eigenvalue weighted by Crippen LogP contribution is 2.47. The summed E-state index contributed by atoms with van der Waals surface area (Å²) >= 11 is 0. The molecule has 10 rings (SSSR count). The van der Waals surface area contributed by atoms with Crippen LogP contribution >= 0.6 is 0 Å². The number of ether oxygens (including phenoxy) is 2. The Morgan fingerprint density at radius 3 is 2.07 bits per heavy atom. The van der Waals surface area contributed by atoms with Crippen molar-refractivity contribution in [3.05, 3.63) is 154 Å². The number of nitrogens with two attached hydrogens (primary N) is 1. The Labute approximate surface area is 551 Å². The average molecular weight is 1290 g/mol. The second kappa shape index (κ2) is 31.3. The molecule has 0 bridgehead atoms. The first-order valence-electron chi connectivity index (χ1n) is 33.3. The number of likely N-dealkylation sites (N-methyl/N-ethyl adjacent to an activating group) is 2. The number of benzene rings is 5. The molecule has 4 aliphatic heterocycles. The third-order valence-corrected chi connectivity index (χ3v) is 19.0. The highest BCUT2D eigenvalue weighted by atomic mass is 16.6. The summed E-state index contributed by atoms with van der Waals surface area (Å²) in [5, 5.41) is 13.9. The first-order chi connectivity index (χ1) is 45.2. The fourth-order valence-electron chi connectivity index (χ4n) is 13.7. The van der Waals surface area contributed by atoms with Gasteiger partial charge in [0.05, 0.1) is 6.04 Å². The fraction of sp³-hybridized carbons (Fsp3) is 0.472. The number of anilines is 3. The Balaban J connectivity index is 0.670. The van der Waals surface area contributed by atoms with Crippen LogP contribution in [0.5, 0.6) is 5.75 Å². The van der Waals surface area contributed by atoms with Gasteiger partial charge in [-0.25, -0.2) is 14.4 Å². The van der Waals surface area contributed by atoms with Crippen LogP contribution in [0, 0.1) is 11.8 Å². The molecule has 22 heteroatoms. The summed E-state index contributed by atoms with van der Waals surface area (Å²) in [6.07, 6.45) is 4.13. The molecule has 22 nitrogen and oxygen atoms in total. The summed E-state index contributed by atoms with van der Waals surface area (Å²) in [7, 11) is 3.23. The van der Waals surface area contributed by atoms with Crippen LogP contribution in [0.1, 0.15) is 128 Å². The normalized spacial score (nSPS) is 19.0. The lowest BCUT2D eigenvalue weighted by molar-refractivity contribution is -0.137. The minimum absolute atomic E-state index is 0.0329. The van der Waals surface area contributed by atoms with Gasteiger partial charge in [0.15, 0.2) is 0 Å². The van der Waals surface area contributed by atoms with Gasteiger partial charge < -0.3 is 61.0 Å². The van der Waals surface area contributed by atoms with Crippen molar-refractivity contribution < 1.29 is 47.8 Å². The van der Waals surface area contributed by atoms with E-state index in [1.807, 2.05) is 52.0 Å². The third-order valence-electron chi connectivity index (χ3n) is 19.0. The van der Waals surface area contributed by atoms with Gasteiger partial charge in [-0.2, -0.15) is 0 Å². The number of hydrogen-bond acceptors (Lipinski definition) is 14. The third kappa shape index (κ3) is 17.2. The number of nitrogens with zero attached hydrogens (tertiary/aromatic N) is 6. The Bertz CT molecular complexity index is 3500. The van der Waals surface area contributed by atoms with E-state index in [0.717, 1.165) is 88.3 Å². The number of hydrogen-bond donors (Lipinski definition) is 6. The van der Waals surface area contributed by atoms with Crippen LogP contribution in [0.15, 0.2) is 115 Å². The quantitative estimate of drug-likeness (QED) is 0.0253. The number of nitrogens with one attached hydrogen (secondary N) is 5. The monoisotopic (exact) mass is 1280 g/mol. The predicted molar refractivity (Wildman–Crippen MR) is 360 cm³/mol. The number of piperazine rings is 1. The molecule has 5 atom stereocenters. The van der Waals surface area contributed by atoms with Gasteiger partial charge in [0, 0.05) is 127 Å². The molecular formula is C72H92N12O10. The van der Waals surface area contributed by atoms with Crippen LogP contribution in [0.4, 0.5) is 31.4 Å². The second-order valence-electron chi connectivity index (χ2n) is 26.4. The van der Waals surface area contributed by atoms with E-state index in [0.29, 0.717) is 47.9 Å². The molecule has 0 spiro atoms. The number of carbonyl (C=O) groups is 8. The number of urea groups is 1. The van der Waals surface area contributed by atoms with E-state index in [1.54, 1.807) is 43.3 Å². The van der Waals surface area contributed by atoms with E-state index in [-0.39, 0.29) is 80.6 Å². The van der Waals surface area contributed by atoms with Crippen molar-refractivity contribution in [2.24, 2.45) is 17.6 Å². The molecule has 5 aromatic rings. The van der Waals surface area contributed by atoms with Crippen LogP contribution in [0.3, 0.4) is 0 Å². The fourth-order valence-corrected chi connectivity index (χ4v) is 13.7. The molecule has 4 heterocycles. The molecule has 94 heavy (non-hydrogen) atoms. The number of amides is 9. The molecule has 1 aliphatic carbocycles. The van der Waals surface area contributed by atoms with Crippen LogP contribution < -0.4 is 46.9 Å². The lowest BCUT2D eigenvalue weighted by atomic mass is 9.69. The van der Waals surface area contributed by atoms with Crippen molar-refractivity contribution in [2.45, 2.75) is 128 Å². The number of aryl methyl sites for hydroxylation is 1. The Morgan fingerprint density at radius 2 is 1.39 bits per heavy atom. The lowest BCUT2D eigenvalue weighted by Gasteiger charge is -2.40. The van der Waals surface area contributed by atoms with Gasteiger partial charge in [0.1, 0.15) is 24.4 Å². The van der Waals surface area contributed by atoms with Crippen molar-refractivity contribution in [3.63, 3.8) is 0 Å². The molecular weight excluding hydrogens is 1190 g/mol. The summed E-state index contributed by atoms with van der Waals surface area (Å²) in [4.78, 5) is 114. The van der Waals surface area contributed by atoms with Gasteiger partial charge in [-0.3, -0.25) is 34.2 Å². The topological polar surface area (TPSA) is 261 Å². The van der Waals surface area contributed by atoms with Gasteiger partial charge in [-0.15, -0.1) is 0 Å². The maximum absolute atomic E-state index is 13.5. The van der Waals surface area contributed by atoms with Crippen molar-refractivity contribution in [1.29, 1.82) is 0 Å². The van der Waals surface area contributed by atoms with Gasteiger partial charge in [0.25, 0.3) is 5.91 Å². The van der Waals surface area contributed by atoms with E-state index < -0.39 is 48.2 Å². The number of fused-ring (bicyclic) bond motifs is 2. The average Bonchev–Trinajstić information content (AvgIpc) is 1.23. The number of imide groups is 1. The first-order valence-corrected chi connectivity index (χ1v) is 33.3. The highest BCUT2D eigenvalue weighted by molar-refractivity contribution is 6.05. The minimum Gasteiger partial charge on any atom is -0.445 e. The van der Waals surface area contributed by atoms with E-state index in [9.17, 15) is 38.4 Å². The molecule has 0 unspecified atom stereocenters. The van der Waals surface area contributed by atoms with Crippen LogP contribution in [0.2, 0.25) is 0 Å². The smallest absolute Gasteiger partial charge is 0.415 e. The molecule has 3 fully saturated rings.